The van der Waals surface area contributed by atoms with Gasteiger partial charge in [-0.25, -0.2) is 4.79 Å². The highest BCUT2D eigenvalue weighted by Gasteiger charge is 2.35. The quantitative estimate of drug-likeness (QED) is 0.738. The fourth-order valence-electron chi connectivity index (χ4n) is 1.78. The highest BCUT2D eigenvalue weighted by atomic mass is 16.7. The molecule has 1 aromatic rings. The number of ether oxygens (including phenoxy) is 2. The van der Waals surface area contributed by atoms with Crippen LogP contribution in [0.4, 0.5) is 0 Å². The number of aliphatic hydroxyl groups excluding tert-OH is 2. The monoisotopic (exact) mass is 253 g/mol. The molecule has 98 valence electrons. The zero-order valence-electron chi connectivity index (χ0n) is 9.94. The molecule has 0 aliphatic carbocycles. The van der Waals surface area contributed by atoms with Crippen LogP contribution in [0, 0.1) is 6.92 Å². The highest BCUT2D eigenvalue weighted by molar-refractivity contribution is 5.89. The van der Waals surface area contributed by atoms with Crippen molar-refractivity contribution in [3.8, 4) is 0 Å². The number of hydrogen-bond donors (Lipinski definition) is 2. The smallest absolute Gasteiger partial charge is 0.342 e. The second-order valence-electron chi connectivity index (χ2n) is 4.25. The van der Waals surface area contributed by atoms with E-state index >= 15 is 0 Å². The van der Waals surface area contributed by atoms with Gasteiger partial charge in [0.05, 0.1) is 18.3 Å². The Morgan fingerprint density at radius 3 is 3.00 bits per heavy atom. The van der Waals surface area contributed by atoms with Crippen LogP contribution < -0.4 is 0 Å². The van der Waals surface area contributed by atoms with E-state index in [1.54, 1.807) is 12.3 Å². The van der Waals surface area contributed by atoms with Gasteiger partial charge in [-0.15, -0.1) is 0 Å². The molecule has 0 saturated carbocycles. The van der Waals surface area contributed by atoms with Crippen LogP contribution in [0.25, 0.3) is 0 Å². The summed E-state index contributed by atoms with van der Waals surface area (Å²) in [7, 11) is 0. The molecule has 2 N–H and O–H groups in total. The van der Waals surface area contributed by atoms with Crippen molar-refractivity contribution in [1.82, 2.24) is 4.98 Å². The molecule has 1 aliphatic rings. The van der Waals surface area contributed by atoms with E-state index in [9.17, 15) is 9.90 Å². The van der Waals surface area contributed by atoms with Gasteiger partial charge < -0.3 is 19.7 Å². The van der Waals surface area contributed by atoms with Gasteiger partial charge >= 0.3 is 5.97 Å². The second kappa shape index (κ2) is 5.43. The fraction of sp³-hybridized carbons (Fsp3) is 0.500. The average molecular weight is 253 g/mol. The summed E-state index contributed by atoms with van der Waals surface area (Å²) in [6, 6.07) is 1.66. The minimum atomic E-state index is -0.829. The number of aryl methyl sites for hydroxylation is 1. The SMILES string of the molecule is Cc1cncc(C(=O)OC2C[C@H](O)[C@@H](CO)O2)c1. The van der Waals surface area contributed by atoms with E-state index in [1.165, 1.54) is 6.20 Å². The lowest BCUT2D eigenvalue weighted by molar-refractivity contribution is -0.115. The first-order valence-electron chi connectivity index (χ1n) is 5.67. The Labute approximate surface area is 104 Å². The van der Waals surface area contributed by atoms with Gasteiger partial charge in [-0.2, -0.15) is 0 Å². The van der Waals surface area contributed by atoms with Crippen molar-refractivity contribution in [3.63, 3.8) is 0 Å². The van der Waals surface area contributed by atoms with E-state index in [1.807, 2.05) is 6.92 Å². The molecule has 1 aliphatic heterocycles. The zero-order valence-corrected chi connectivity index (χ0v) is 9.94. The average Bonchev–Trinajstić information content (AvgIpc) is 2.69. The number of hydrogen-bond acceptors (Lipinski definition) is 6. The second-order valence-corrected chi connectivity index (χ2v) is 4.25. The van der Waals surface area contributed by atoms with E-state index in [-0.39, 0.29) is 13.0 Å². The molecular formula is C12H15NO5. The third-order valence-corrected chi connectivity index (χ3v) is 2.72. The van der Waals surface area contributed by atoms with Crippen LogP contribution in [0.15, 0.2) is 18.5 Å². The molecule has 1 saturated heterocycles. The topological polar surface area (TPSA) is 88.9 Å². The maximum atomic E-state index is 11.8. The van der Waals surface area contributed by atoms with Crippen LogP contribution in [0.1, 0.15) is 22.3 Å². The molecule has 0 amide bonds. The highest BCUT2D eigenvalue weighted by Crippen LogP contribution is 2.22. The van der Waals surface area contributed by atoms with E-state index in [4.69, 9.17) is 14.6 Å². The van der Waals surface area contributed by atoms with Crippen molar-refractivity contribution < 1.29 is 24.5 Å². The Bertz CT molecular complexity index is 436. The Morgan fingerprint density at radius 2 is 2.39 bits per heavy atom. The summed E-state index contributed by atoms with van der Waals surface area (Å²) in [6.07, 6.45) is 0.863. The number of aromatic nitrogens is 1. The van der Waals surface area contributed by atoms with Crippen LogP contribution in [0.3, 0.4) is 0 Å². The van der Waals surface area contributed by atoms with Crippen molar-refractivity contribution in [3.05, 3.63) is 29.6 Å². The zero-order chi connectivity index (χ0) is 13.1. The lowest BCUT2D eigenvalue weighted by Crippen LogP contribution is -2.24. The number of rotatable bonds is 3. The minimum Gasteiger partial charge on any atom is -0.432 e. The van der Waals surface area contributed by atoms with Crippen LogP contribution in [-0.4, -0.2) is 46.3 Å². The lowest BCUT2D eigenvalue weighted by atomic mass is 10.2. The van der Waals surface area contributed by atoms with Gasteiger partial charge in [0.15, 0.2) is 0 Å². The molecule has 0 aromatic carbocycles. The van der Waals surface area contributed by atoms with Crippen LogP contribution >= 0.6 is 0 Å². The van der Waals surface area contributed by atoms with Gasteiger partial charge in [0, 0.05) is 18.8 Å². The van der Waals surface area contributed by atoms with Gasteiger partial charge in [-0.1, -0.05) is 0 Å². The van der Waals surface area contributed by atoms with Crippen molar-refractivity contribution in [1.29, 1.82) is 0 Å². The Kier molecular flexibility index (Phi) is 3.90. The Balaban J connectivity index is 1.96. The summed E-state index contributed by atoms with van der Waals surface area (Å²) in [5, 5.41) is 18.4. The number of carbonyl (C=O) groups excluding carboxylic acids is 1. The van der Waals surface area contributed by atoms with Gasteiger partial charge in [0.1, 0.15) is 6.10 Å². The number of carbonyl (C=O) groups is 1. The molecule has 3 atom stereocenters. The van der Waals surface area contributed by atoms with E-state index in [0.717, 1.165) is 5.56 Å². The van der Waals surface area contributed by atoms with Crippen molar-refractivity contribution in [2.75, 3.05) is 6.61 Å². The summed E-state index contributed by atoms with van der Waals surface area (Å²) in [5.74, 6) is -0.554. The third kappa shape index (κ3) is 2.84. The van der Waals surface area contributed by atoms with Crippen molar-refractivity contribution >= 4 is 5.97 Å². The molecule has 0 bridgehead atoms. The van der Waals surface area contributed by atoms with Crippen molar-refractivity contribution in [2.45, 2.75) is 31.8 Å². The molecule has 6 nitrogen and oxygen atoms in total. The number of aliphatic hydroxyl groups is 2. The van der Waals surface area contributed by atoms with Crippen LogP contribution in [0.5, 0.6) is 0 Å². The largest absolute Gasteiger partial charge is 0.432 e. The normalized spacial score (nSPS) is 27.2. The molecule has 1 unspecified atom stereocenters. The molecule has 1 aromatic heterocycles. The molecule has 1 fully saturated rings. The fourth-order valence-corrected chi connectivity index (χ4v) is 1.78. The Hall–Kier alpha value is -1.50. The van der Waals surface area contributed by atoms with Gasteiger partial charge in [-0.3, -0.25) is 4.98 Å². The van der Waals surface area contributed by atoms with Crippen LogP contribution in [-0.2, 0) is 9.47 Å². The molecule has 2 heterocycles. The molecule has 2 rings (SSSR count). The number of esters is 1. The standard InChI is InChI=1S/C12H15NO5/c1-7-2-8(5-13-4-7)12(16)18-11-3-9(15)10(6-14)17-11/h2,4-5,9-11,14-15H,3,6H2,1H3/t9-,10+,11?/m0/s1. The number of nitrogens with zero attached hydrogens (tertiary/aromatic N) is 1. The van der Waals surface area contributed by atoms with Gasteiger partial charge in [0.2, 0.25) is 6.29 Å². The van der Waals surface area contributed by atoms with E-state index in [2.05, 4.69) is 4.98 Å². The van der Waals surface area contributed by atoms with E-state index < -0.39 is 24.5 Å². The first kappa shape index (κ1) is 12.9. The summed E-state index contributed by atoms with van der Waals surface area (Å²) in [6.45, 7) is 1.52. The summed E-state index contributed by atoms with van der Waals surface area (Å²) in [5.41, 5.74) is 1.19. The summed E-state index contributed by atoms with van der Waals surface area (Å²) in [4.78, 5) is 15.7. The lowest BCUT2D eigenvalue weighted by Gasteiger charge is -2.12. The maximum Gasteiger partial charge on any atom is 0.342 e. The molecule has 18 heavy (non-hydrogen) atoms. The van der Waals surface area contributed by atoms with E-state index in [0.29, 0.717) is 5.56 Å². The first-order chi connectivity index (χ1) is 8.60. The predicted octanol–water partition coefficient (Wildman–Crippen LogP) is 0.0150. The summed E-state index contributed by atoms with van der Waals surface area (Å²) >= 11 is 0. The first-order valence-corrected chi connectivity index (χ1v) is 5.67. The predicted molar refractivity (Wildman–Crippen MR) is 60.8 cm³/mol. The molecule has 0 radical (unpaired) electrons. The van der Waals surface area contributed by atoms with Crippen LogP contribution in [0.2, 0.25) is 0 Å². The molecular weight excluding hydrogens is 238 g/mol. The third-order valence-electron chi connectivity index (χ3n) is 2.72. The maximum absolute atomic E-state index is 11.8. The van der Waals surface area contributed by atoms with Gasteiger partial charge in [-0.05, 0) is 18.6 Å². The van der Waals surface area contributed by atoms with Crippen molar-refractivity contribution in [2.24, 2.45) is 0 Å². The molecule has 0 spiro atoms. The minimum absolute atomic E-state index is 0.163. The summed E-state index contributed by atoms with van der Waals surface area (Å²) < 4.78 is 10.3. The molecule has 6 heteroatoms. The number of pyridine rings is 1. The Morgan fingerprint density at radius 1 is 1.61 bits per heavy atom. The van der Waals surface area contributed by atoms with Gasteiger partial charge in [0.25, 0.3) is 0 Å².